The van der Waals surface area contributed by atoms with Gasteiger partial charge in [0.25, 0.3) is 0 Å². The normalized spacial score (nSPS) is 18.0. The standard InChI is InChI=1S/C21H20ClN3O4S/c1-30(28,29)25-11-9-24(10-12-25)15-6-4-14(5-7-15)13-17-18(22)21(27)19-16(20(17)26)3-2-8-23-19/h2-8H,9-13H2,1H3. The Morgan fingerprint density at radius 1 is 1.00 bits per heavy atom. The van der Waals surface area contributed by atoms with Gasteiger partial charge in [-0.25, -0.2) is 8.42 Å². The number of aromatic nitrogens is 1. The molecule has 0 amide bonds. The van der Waals surface area contributed by atoms with Crippen LogP contribution in [0.3, 0.4) is 0 Å². The number of Topliss-reactive ketones (excluding diaryl/α,β-unsaturated/α-hetero) is 2. The molecule has 0 bridgehead atoms. The molecule has 0 spiro atoms. The fourth-order valence-electron chi connectivity index (χ4n) is 3.74. The average molecular weight is 446 g/mol. The number of carbonyl (C=O) groups is 2. The zero-order valence-electron chi connectivity index (χ0n) is 16.3. The molecule has 0 atom stereocenters. The number of piperazine rings is 1. The molecule has 1 aromatic carbocycles. The first-order valence-corrected chi connectivity index (χ1v) is 11.7. The van der Waals surface area contributed by atoms with Crippen molar-refractivity contribution in [2.45, 2.75) is 6.42 Å². The number of anilines is 1. The molecular weight excluding hydrogens is 426 g/mol. The predicted molar refractivity (Wildman–Crippen MR) is 115 cm³/mol. The number of halogens is 1. The molecule has 0 saturated carbocycles. The maximum Gasteiger partial charge on any atom is 0.223 e. The van der Waals surface area contributed by atoms with Crippen molar-refractivity contribution in [3.63, 3.8) is 0 Å². The average Bonchev–Trinajstić information content (AvgIpc) is 2.75. The summed E-state index contributed by atoms with van der Waals surface area (Å²) in [5, 5.41) is -0.0767. The Morgan fingerprint density at radius 3 is 2.30 bits per heavy atom. The van der Waals surface area contributed by atoms with Gasteiger partial charge in [0.2, 0.25) is 15.8 Å². The molecule has 7 nitrogen and oxygen atoms in total. The van der Waals surface area contributed by atoms with E-state index in [1.807, 2.05) is 24.3 Å². The summed E-state index contributed by atoms with van der Waals surface area (Å²) in [6.07, 6.45) is 2.94. The molecular formula is C21H20ClN3O4S. The summed E-state index contributed by atoms with van der Waals surface area (Å²) in [6, 6.07) is 10.9. The van der Waals surface area contributed by atoms with Crippen molar-refractivity contribution in [3.8, 4) is 0 Å². The summed E-state index contributed by atoms with van der Waals surface area (Å²) in [7, 11) is -3.17. The second-order valence-electron chi connectivity index (χ2n) is 7.34. The molecule has 2 aliphatic rings. The fourth-order valence-corrected chi connectivity index (χ4v) is 4.81. The molecule has 4 rings (SSSR count). The highest BCUT2D eigenvalue weighted by Crippen LogP contribution is 2.30. The van der Waals surface area contributed by atoms with E-state index in [1.165, 1.54) is 16.8 Å². The van der Waals surface area contributed by atoms with Crippen LogP contribution in [-0.2, 0) is 16.4 Å². The first-order chi connectivity index (χ1) is 14.3. The Kier molecular flexibility index (Phi) is 5.48. The van der Waals surface area contributed by atoms with E-state index in [0.717, 1.165) is 11.3 Å². The van der Waals surface area contributed by atoms with Gasteiger partial charge in [-0.2, -0.15) is 4.31 Å². The number of ketones is 2. The number of carbonyl (C=O) groups excluding carboxylic acids is 2. The maximum atomic E-state index is 12.8. The third-order valence-corrected chi connectivity index (χ3v) is 7.10. The number of hydrogen-bond acceptors (Lipinski definition) is 6. The molecule has 1 aliphatic carbocycles. The van der Waals surface area contributed by atoms with Gasteiger partial charge in [-0.3, -0.25) is 14.6 Å². The number of hydrogen-bond donors (Lipinski definition) is 0. The van der Waals surface area contributed by atoms with E-state index in [2.05, 4.69) is 9.88 Å². The van der Waals surface area contributed by atoms with Gasteiger partial charge in [0.1, 0.15) is 5.69 Å². The SMILES string of the molecule is CS(=O)(=O)N1CCN(c2ccc(CC3=C(Cl)C(=O)c4ncccc4C3=O)cc2)CC1. The van der Waals surface area contributed by atoms with Gasteiger partial charge in [-0.15, -0.1) is 0 Å². The highest BCUT2D eigenvalue weighted by Gasteiger charge is 2.32. The molecule has 0 unspecified atom stereocenters. The molecule has 1 aliphatic heterocycles. The lowest BCUT2D eigenvalue weighted by Gasteiger charge is -2.34. The third-order valence-electron chi connectivity index (χ3n) is 5.40. The van der Waals surface area contributed by atoms with E-state index in [-0.39, 0.29) is 34.1 Å². The van der Waals surface area contributed by atoms with E-state index in [9.17, 15) is 18.0 Å². The number of sulfonamides is 1. The van der Waals surface area contributed by atoms with Crippen LogP contribution in [0.2, 0.25) is 0 Å². The van der Waals surface area contributed by atoms with Crippen LogP contribution in [0.1, 0.15) is 26.4 Å². The van der Waals surface area contributed by atoms with E-state index >= 15 is 0 Å². The first-order valence-electron chi connectivity index (χ1n) is 9.48. The van der Waals surface area contributed by atoms with Crippen LogP contribution in [0.4, 0.5) is 5.69 Å². The monoisotopic (exact) mass is 445 g/mol. The fraction of sp³-hybridized carbons (Fsp3) is 0.286. The maximum absolute atomic E-state index is 12.8. The predicted octanol–water partition coefficient (Wildman–Crippen LogP) is 2.28. The summed E-state index contributed by atoms with van der Waals surface area (Å²) in [5.41, 5.74) is 2.49. The van der Waals surface area contributed by atoms with E-state index in [0.29, 0.717) is 26.2 Å². The Labute approximate surface area is 180 Å². The summed E-state index contributed by atoms with van der Waals surface area (Å²) in [4.78, 5) is 31.4. The summed E-state index contributed by atoms with van der Waals surface area (Å²) in [5.74, 6) is -0.703. The molecule has 0 N–H and O–H groups in total. The van der Waals surface area contributed by atoms with E-state index in [4.69, 9.17) is 11.6 Å². The lowest BCUT2D eigenvalue weighted by molar-refractivity contribution is 0.0975. The minimum absolute atomic E-state index is 0.0767. The van der Waals surface area contributed by atoms with E-state index in [1.54, 1.807) is 12.1 Å². The molecule has 156 valence electrons. The summed E-state index contributed by atoms with van der Waals surface area (Å²) >= 11 is 6.22. The van der Waals surface area contributed by atoms with Crippen molar-refractivity contribution in [3.05, 3.63) is 70.0 Å². The molecule has 1 fully saturated rings. The molecule has 1 saturated heterocycles. The lowest BCUT2D eigenvalue weighted by atomic mass is 9.89. The molecule has 1 aromatic heterocycles. The van der Waals surface area contributed by atoms with Crippen LogP contribution in [0.25, 0.3) is 0 Å². The number of allylic oxidation sites excluding steroid dienone is 2. The van der Waals surface area contributed by atoms with Crippen molar-refractivity contribution >= 4 is 38.9 Å². The Morgan fingerprint density at radius 2 is 1.67 bits per heavy atom. The highest BCUT2D eigenvalue weighted by molar-refractivity contribution is 7.88. The number of rotatable bonds is 4. The van der Waals surface area contributed by atoms with Gasteiger partial charge >= 0.3 is 0 Å². The quantitative estimate of drug-likeness (QED) is 0.717. The minimum atomic E-state index is -3.17. The minimum Gasteiger partial charge on any atom is -0.369 e. The second-order valence-corrected chi connectivity index (χ2v) is 9.70. The Bertz CT molecular complexity index is 1150. The number of benzene rings is 1. The molecule has 9 heteroatoms. The van der Waals surface area contributed by atoms with Crippen molar-refractivity contribution in [1.29, 1.82) is 0 Å². The molecule has 2 aromatic rings. The van der Waals surface area contributed by atoms with Crippen molar-refractivity contribution in [2.75, 3.05) is 37.3 Å². The molecule has 30 heavy (non-hydrogen) atoms. The van der Waals surface area contributed by atoms with Gasteiger partial charge in [-0.05, 0) is 29.8 Å². The molecule has 0 radical (unpaired) electrons. The van der Waals surface area contributed by atoms with Crippen LogP contribution in [0, 0.1) is 0 Å². The Hall–Kier alpha value is -2.55. The van der Waals surface area contributed by atoms with Gasteiger partial charge < -0.3 is 4.90 Å². The zero-order chi connectivity index (χ0) is 21.5. The van der Waals surface area contributed by atoms with Crippen molar-refractivity contribution < 1.29 is 18.0 Å². The molecule has 2 heterocycles. The number of nitrogens with zero attached hydrogens (tertiary/aromatic N) is 3. The van der Waals surface area contributed by atoms with Crippen LogP contribution in [-0.4, -0.2) is 61.7 Å². The largest absolute Gasteiger partial charge is 0.369 e. The first kappa shape index (κ1) is 20.7. The van der Waals surface area contributed by atoms with E-state index < -0.39 is 15.8 Å². The summed E-state index contributed by atoms with van der Waals surface area (Å²) < 4.78 is 24.8. The summed E-state index contributed by atoms with van der Waals surface area (Å²) in [6.45, 7) is 2.13. The highest BCUT2D eigenvalue weighted by atomic mass is 35.5. The van der Waals surface area contributed by atoms with Gasteiger partial charge in [0, 0.05) is 50.1 Å². The van der Waals surface area contributed by atoms with Gasteiger partial charge in [-0.1, -0.05) is 23.7 Å². The van der Waals surface area contributed by atoms with Gasteiger partial charge in [0.05, 0.1) is 16.9 Å². The third kappa shape index (κ3) is 3.90. The number of pyridine rings is 1. The van der Waals surface area contributed by atoms with Crippen LogP contribution >= 0.6 is 11.6 Å². The van der Waals surface area contributed by atoms with Crippen LogP contribution in [0.5, 0.6) is 0 Å². The smallest absolute Gasteiger partial charge is 0.223 e. The zero-order valence-corrected chi connectivity index (χ0v) is 17.9. The van der Waals surface area contributed by atoms with Crippen LogP contribution in [0.15, 0.2) is 53.2 Å². The van der Waals surface area contributed by atoms with Crippen molar-refractivity contribution in [2.24, 2.45) is 0 Å². The topological polar surface area (TPSA) is 87.7 Å². The number of fused-ring (bicyclic) bond motifs is 1. The van der Waals surface area contributed by atoms with Crippen molar-refractivity contribution in [1.82, 2.24) is 9.29 Å². The van der Waals surface area contributed by atoms with Gasteiger partial charge in [0.15, 0.2) is 5.78 Å². The Balaban J connectivity index is 1.49. The van der Waals surface area contributed by atoms with Crippen LogP contribution < -0.4 is 4.90 Å². The lowest BCUT2D eigenvalue weighted by Crippen LogP contribution is -2.48. The second kappa shape index (κ2) is 7.94.